The van der Waals surface area contributed by atoms with Crippen LogP contribution in [0.4, 0.5) is 0 Å². The van der Waals surface area contributed by atoms with Gasteiger partial charge in [-0.2, -0.15) is 0 Å². The monoisotopic (exact) mass is 244 g/mol. The van der Waals surface area contributed by atoms with E-state index in [4.69, 9.17) is 4.74 Å². The summed E-state index contributed by atoms with van der Waals surface area (Å²) in [6, 6.07) is 8.92. The largest absolute Gasteiger partial charge is 0.475 e. The lowest BCUT2D eigenvalue weighted by atomic mass is 9.90. The van der Waals surface area contributed by atoms with Crippen molar-refractivity contribution in [3.8, 4) is 0 Å². The molecule has 3 rings (SSSR count). The Kier molecular flexibility index (Phi) is 2.86. The molecule has 0 saturated carbocycles. The first-order valence-electron chi connectivity index (χ1n) is 6.74. The van der Waals surface area contributed by atoms with Crippen LogP contribution in [0.1, 0.15) is 37.8 Å². The topological polar surface area (TPSA) is 33.6 Å². The summed E-state index contributed by atoms with van der Waals surface area (Å²) in [7, 11) is 0. The highest BCUT2D eigenvalue weighted by molar-refractivity contribution is 5.95. The fraction of sp³-hybridized carbons (Fsp3) is 0.533. The molecule has 96 valence electrons. The Morgan fingerprint density at radius 1 is 1.33 bits per heavy atom. The Bertz CT molecular complexity index is 458. The number of nitrogens with zero attached hydrogens (tertiary/aromatic N) is 1. The van der Waals surface area contributed by atoms with Gasteiger partial charge in [-0.15, -0.1) is 0 Å². The van der Waals surface area contributed by atoms with Crippen LogP contribution in [-0.2, 0) is 10.3 Å². The summed E-state index contributed by atoms with van der Waals surface area (Å²) < 4.78 is 5.58. The van der Waals surface area contributed by atoms with Crippen LogP contribution >= 0.6 is 0 Å². The lowest BCUT2D eigenvalue weighted by Crippen LogP contribution is -2.33. The number of hydrogen-bond donors (Lipinski definition) is 1. The Morgan fingerprint density at radius 3 is 2.67 bits per heavy atom. The molecule has 18 heavy (non-hydrogen) atoms. The summed E-state index contributed by atoms with van der Waals surface area (Å²) in [5.41, 5.74) is 2.59. The third kappa shape index (κ3) is 2.03. The predicted octanol–water partition coefficient (Wildman–Crippen LogP) is 2.45. The maximum atomic E-state index is 5.58. The van der Waals surface area contributed by atoms with E-state index >= 15 is 0 Å². The number of hydrogen-bond acceptors (Lipinski definition) is 3. The van der Waals surface area contributed by atoms with Gasteiger partial charge in [-0.25, -0.2) is 4.99 Å². The van der Waals surface area contributed by atoms with Gasteiger partial charge < -0.3 is 10.1 Å². The van der Waals surface area contributed by atoms with Crippen LogP contribution < -0.4 is 5.32 Å². The van der Waals surface area contributed by atoms with Gasteiger partial charge in [0.2, 0.25) is 5.90 Å². The maximum absolute atomic E-state index is 5.58. The van der Waals surface area contributed by atoms with E-state index in [0.717, 1.165) is 18.0 Å². The molecular formula is C15H20N2O. The fourth-order valence-corrected chi connectivity index (χ4v) is 2.75. The molecule has 1 aromatic carbocycles. The van der Waals surface area contributed by atoms with Gasteiger partial charge in [-0.05, 0) is 50.9 Å². The van der Waals surface area contributed by atoms with Gasteiger partial charge in [0.25, 0.3) is 0 Å². The van der Waals surface area contributed by atoms with E-state index in [2.05, 4.69) is 48.4 Å². The molecule has 1 fully saturated rings. The van der Waals surface area contributed by atoms with Gasteiger partial charge in [-0.3, -0.25) is 0 Å². The minimum Gasteiger partial charge on any atom is -0.475 e. The zero-order chi connectivity index (χ0) is 12.6. The van der Waals surface area contributed by atoms with Gasteiger partial charge in [-0.1, -0.05) is 12.1 Å². The summed E-state index contributed by atoms with van der Waals surface area (Å²) in [6.07, 6.45) is 2.46. The molecule has 1 saturated heterocycles. The first kappa shape index (κ1) is 11.7. The van der Waals surface area contributed by atoms with E-state index in [1.165, 1.54) is 18.4 Å². The quantitative estimate of drug-likeness (QED) is 0.867. The molecule has 0 aromatic heterocycles. The summed E-state index contributed by atoms with van der Waals surface area (Å²) in [6.45, 7) is 6.17. The van der Waals surface area contributed by atoms with Gasteiger partial charge in [0.1, 0.15) is 6.61 Å². The standard InChI is InChI=1S/C15H20N2O/c1-11-10-18-14(17-11)12-4-6-13(7-5-12)15(2)8-3-9-16-15/h4-7,11,16H,3,8-10H2,1-2H3. The van der Waals surface area contributed by atoms with E-state index in [1.54, 1.807) is 0 Å². The molecule has 3 heteroatoms. The van der Waals surface area contributed by atoms with Gasteiger partial charge >= 0.3 is 0 Å². The predicted molar refractivity (Wildman–Crippen MR) is 73.0 cm³/mol. The summed E-state index contributed by atoms with van der Waals surface area (Å²) >= 11 is 0. The first-order chi connectivity index (χ1) is 8.67. The Balaban J connectivity index is 1.83. The lowest BCUT2D eigenvalue weighted by molar-refractivity contribution is 0.324. The number of nitrogens with one attached hydrogen (secondary N) is 1. The highest BCUT2D eigenvalue weighted by atomic mass is 16.5. The third-order valence-corrected chi connectivity index (χ3v) is 3.94. The minimum atomic E-state index is 0.143. The van der Waals surface area contributed by atoms with E-state index < -0.39 is 0 Å². The van der Waals surface area contributed by atoms with Crippen molar-refractivity contribution in [2.24, 2.45) is 4.99 Å². The van der Waals surface area contributed by atoms with Crippen molar-refractivity contribution in [1.29, 1.82) is 0 Å². The third-order valence-electron chi connectivity index (χ3n) is 3.94. The zero-order valence-corrected chi connectivity index (χ0v) is 11.1. The first-order valence-corrected chi connectivity index (χ1v) is 6.74. The van der Waals surface area contributed by atoms with Crippen LogP contribution in [0.15, 0.2) is 29.3 Å². The second kappa shape index (κ2) is 4.39. The Labute approximate surface area is 108 Å². The van der Waals surface area contributed by atoms with Crippen molar-refractivity contribution in [2.45, 2.75) is 38.3 Å². The Morgan fingerprint density at radius 2 is 2.11 bits per heavy atom. The molecule has 1 N–H and O–H groups in total. The van der Waals surface area contributed by atoms with Crippen molar-refractivity contribution < 1.29 is 4.74 Å². The van der Waals surface area contributed by atoms with Crippen LogP contribution in [0.5, 0.6) is 0 Å². The normalized spacial score (nSPS) is 31.2. The zero-order valence-electron chi connectivity index (χ0n) is 11.1. The van der Waals surface area contributed by atoms with Crippen LogP contribution in [0.2, 0.25) is 0 Å². The average molecular weight is 244 g/mol. The van der Waals surface area contributed by atoms with Crippen molar-refractivity contribution in [3.63, 3.8) is 0 Å². The van der Waals surface area contributed by atoms with Crippen molar-refractivity contribution in [3.05, 3.63) is 35.4 Å². The molecule has 0 amide bonds. The van der Waals surface area contributed by atoms with E-state index in [1.807, 2.05) is 0 Å². The molecule has 2 atom stereocenters. The van der Waals surface area contributed by atoms with Crippen molar-refractivity contribution >= 4 is 5.90 Å². The fourth-order valence-electron chi connectivity index (χ4n) is 2.75. The Hall–Kier alpha value is -1.35. The minimum absolute atomic E-state index is 0.143. The van der Waals surface area contributed by atoms with Crippen LogP contribution in [0.3, 0.4) is 0 Å². The van der Waals surface area contributed by atoms with E-state index in [0.29, 0.717) is 6.61 Å². The number of rotatable bonds is 2. The average Bonchev–Trinajstić information content (AvgIpc) is 3.00. The highest BCUT2D eigenvalue weighted by Crippen LogP contribution is 2.30. The van der Waals surface area contributed by atoms with Crippen LogP contribution in [0, 0.1) is 0 Å². The summed E-state index contributed by atoms with van der Waals surface area (Å²) in [4.78, 5) is 4.48. The maximum Gasteiger partial charge on any atom is 0.216 e. The molecule has 2 unspecified atom stereocenters. The second-order valence-electron chi connectivity index (χ2n) is 5.53. The van der Waals surface area contributed by atoms with Gasteiger partial charge in [0.15, 0.2) is 0 Å². The molecule has 2 aliphatic rings. The highest BCUT2D eigenvalue weighted by Gasteiger charge is 2.29. The molecule has 0 aliphatic carbocycles. The molecule has 1 aromatic rings. The number of aliphatic imine (C=N–C) groups is 1. The van der Waals surface area contributed by atoms with E-state index in [9.17, 15) is 0 Å². The molecule has 0 spiro atoms. The van der Waals surface area contributed by atoms with Crippen molar-refractivity contribution in [2.75, 3.05) is 13.2 Å². The van der Waals surface area contributed by atoms with E-state index in [-0.39, 0.29) is 11.6 Å². The molecule has 3 nitrogen and oxygen atoms in total. The number of ether oxygens (including phenoxy) is 1. The number of benzene rings is 1. The van der Waals surface area contributed by atoms with Crippen molar-refractivity contribution in [1.82, 2.24) is 5.32 Å². The SMILES string of the molecule is CC1COC(c2ccc(C3(C)CCCN3)cc2)=N1. The smallest absolute Gasteiger partial charge is 0.216 e. The molecule has 0 radical (unpaired) electrons. The van der Waals surface area contributed by atoms with Gasteiger partial charge in [0.05, 0.1) is 6.04 Å². The molecular weight excluding hydrogens is 224 g/mol. The van der Waals surface area contributed by atoms with Crippen LogP contribution in [-0.4, -0.2) is 25.1 Å². The second-order valence-corrected chi connectivity index (χ2v) is 5.53. The molecule has 2 aliphatic heterocycles. The summed E-state index contributed by atoms with van der Waals surface area (Å²) in [5, 5.41) is 3.58. The summed E-state index contributed by atoms with van der Waals surface area (Å²) in [5.74, 6) is 0.790. The van der Waals surface area contributed by atoms with Crippen LogP contribution in [0.25, 0.3) is 0 Å². The van der Waals surface area contributed by atoms with Gasteiger partial charge in [0, 0.05) is 11.1 Å². The molecule has 2 heterocycles. The molecule has 0 bridgehead atoms. The lowest BCUT2D eigenvalue weighted by Gasteiger charge is -2.25.